The summed E-state index contributed by atoms with van der Waals surface area (Å²) in [6.45, 7) is 4.13. The molecule has 5 heteroatoms. The van der Waals surface area contributed by atoms with Crippen LogP contribution in [0, 0.1) is 0 Å². The van der Waals surface area contributed by atoms with Crippen molar-refractivity contribution in [3.05, 3.63) is 39.5 Å². The Kier molecular flexibility index (Phi) is 3.29. The molecule has 0 spiro atoms. The summed E-state index contributed by atoms with van der Waals surface area (Å²) in [5, 5.41) is 0.334. The van der Waals surface area contributed by atoms with Gasteiger partial charge in [0.05, 0.1) is 5.39 Å². The van der Waals surface area contributed by atoms with E-state index in [9.17, 15) is 9.59 Å². The number of hydrogen-bond acceptors (Lipinski definition) is 4. The van der Waals surface area contributed by atoms with E-state index in [0.717, 1.165) is 12.0 Å². The first-order valence-corrected chi connectivity index (χ1v) is 6.11. The van der Waals surface area contributed by atoms with Crippen molar-refractivity contribution in [3.63, 3.8) is 0 Å². The monoisotopic (exact) mass is 260 g/mol. The number of carbonyl (C=O) groups excluding carboxylic acids is 1. The van der Waals surface area contributed by atoms with Gasteiger partial charge in [0.1, 0.15) is 11.1 Å². The maximum Gasteiger partial charge on any atom is 0.258 e. The van der Waals surface area contributed by atoms with E-state index in [1.807, 2.05) is 6.07 Å². The Labute approximate surface area is 110 Å². The van der Waals surface area contributed by atoms with Crippen molar-refractivity contribution in [1.29, 1.82) is 0 Å². The van der Waals surface area contributed by atoms with E-state index < -0.39 is 11.3 Å². The van der Waals surface area contributed by atoms with Crippen molar-refractivity contribution in [2.24, 2.45) is 5.73 Å². The summed E-state index contributed by atoms with van der Waals surface area (Å²) in [5.41, 5.74) is 11.3. The maximum absolute atomic E-state index is 12.2. The second-order valence-corrected chi connectivity index (χ2v) is 4.60. The molecule has 2 aromatic rings. The van der Waals surface area contributed by atoms with Crippen LogP contribution in [0.1, 0.15) is 42.1 Å². The molecule has 1 aromatic carbocycles. The summed E-state index contributed by atoms with van der Waals surface area (Å²) in [5.74, 6) is -0.790. The number of nitrogens with two attached hydrogens (primary N) is 2. The lowest BCUT2D eigenvalue weighted by molar-refractivity contribution is 0.0999. The topological polar surface area (TPSA) is 99.3 Å². The van der Waals surface area contributed by atoms with E-state index in [4.69, 9.17) is 15.9 Å². The molecule has 1 aromatic heterocycles. The van der Waals surface area contributed by atoms with Gasteiger partial charge in [-0.15, -0.1) is 0 Å². The lowest BCUT2D eigenvalue weighted by Crippen LogP contribution is -2.23. The second-order valence-electron chi connectivity index (χ2n) is 4.60. The Bertz CT molecular complexity index is 704. The molecule has 0 saturated carbocycles. The number of fused-ring (bicyclic) bond motifs is 1. The molecule has 0 bridgehead atoms. The molecule has 0 aliphatic heterocycles. The third-order valence-electron chi connectivity index (χ3n) is 3.37. The standard InChI is InChI=1S/C14H16N2O3/c1-3-7(2)8-4-5-10-9(6-8)12(17)11(13(15)18)14(16)19-10/h4-7H,3,16H2,1-2H3,(H2,15,18). The Balaban J connectivity index is 2.78. The number of rotatable bonds is 3. The number of primary amides is 1. The zero-order valence-corrected chi connectivity index (χ0v) is 10.9. The van der Waals surface area contributed by atoms with Crippen molar-refractivity contribution in [3.8, 4) is 0 Å². The van der Waals surface area contributed by atoms with Gasteiger partial charge in [-0.05, 0) is 30.0 Å². The quantitative estimate of drug-likeness (QED) is 0.881. The summed E-state index contributed by atoms with van der Waals surface area (Å²) in [7, 11) is 0. The highest BCUT2D eigenvalue weighted by molar-refractivity contribution is 5.99. The van der Waals surface area contributed by atoms with Crippen molar-refractivity contribution in [2.75, 3.05) is 5.73 Å². The predicted octanol–water partition coefficient (Wildman–Crippen LogP) is 1.99. The number of nitrogen functional groups attached to an aromatic ring is 1. The van der Waals surface area contributed by atoms with Gasteiger partial charge in [-0.1, -0.05) is 19.9 Å². The molecule has 1 unspecified atom stereocenters. The molecule has 19 heavy (non-hydrogen) atoms. The molecule has 1 heterocycles. The average molecular weight is 260 g/mol. The highest BCUT2D eigenvalue weighted by Gasteiger charge is 2.17. The molecule has 4 N–H and O–H groups in total. The van der Waals surface area contributed by atoms with Gasteiger partial charge in [0.25, 0.3) is 5.91 Å². The number of benzene rings is 1. The van der Waals surface area contributed by atoms with Gasteiger partial charge in [-0.25, -0.2) is 0 Å². The van der Waals surface area contributed by atoms with Crippen LogP contribution in [0.2, 0.25) is 0 Å². The third kappa shape index (κ3) is 2.19. The summed E-state index contributed by atoms with van der Waals surface area (Å²) >= 11 is 0. The number of anilines is 1. The van der Waals surface area contributed by atoms with Crippen LogP contribution in [0.4, 0.5) is 5.88 Å². The van der Waals surface area contributed by atoms with Crippen LogP contribution >= 0.6 is 0 Å². The van der Waals surface area contributed by atoms with Crippen LogP contribution in [-0.2, 0) is 0 Å². The zero-order chi connectivity index (χ0) is 14.2. The molecule has 100 valence electrons. The molecule has 0 fully saturated rings. The molecular weight excluding hydrogens is 244 g/mol. The van der Waals surface area contributed by atoms with E-state index in [1.54, 1.807) is 12.1 Å². The largest absolute Gasteiger partial charge is 0.440 e. The van der Waals surface area contributed by atoms with E-state index in [2.05, 4.69) is 13.8 Å². The van der Waals surface area contributed by atoms with Crippen molar-refractivity contribution in [1.82, 2.24) is 0 Å². The molecule has 0 aliphatic carbocycles. The summed E-state index contributed by atoms with van der Waals surface area (Å²) in [6, 6.07) is 5.32. The van der Waals surface area contributed by atoms with E-state index >= 15 is 0 Å². The van der Waals surface area contributed by atoms with Gasteiger partial charge < -0.3 is 15.9 Å². The first kappa shape index (κ1) is 13.1. The van der Waals surface area contributed by atoms with Crippen LogP contribution in [0.5, 0.6) is 0 Å². The van der Waals surface area contributed by atoms with E-state index in [0.29, 0.717) is 16.9 Å². The molecule has 0 saturated heterocycles. The first-order chi connectivity index (χ1) is 8.95. The van der Waals surface area contributed by atoms with Gasteiger partial charge in [-0.2, -0.15) is 0 Å². The molecule has 1 amide bonds. The normalized spacial score (nSPS) is 12.5. The highest BCUT2D eigenvalue weighted by atomic mass is 16.3. The zero-order valence-electron chi connectivity index (χ0n) is 10.9. The van der Waals surface area contributed by atoms with Crippen LogP contribution in [0.15, 0.2) is 27.4 Å². The minimum absolute atomic E-state index is 0.235. The fraction of sp³-hybridized carbons (Fsp3) is 0.286. The SMILES string of the molecule is CCC(C)c1ccc2oc(N)c(C(N)=O)c(=O)c2c1. The molecule has 0 radical (unpaired) electrons. The van der Waals surface area contributed by atoms with Gasteiger partial charge in [-0.3, -0.25) is 9.59 Å². The molecular formula is C14H16N2O3. The fourth-order valence-corrected chi connectivity index (χ4v) is 2.01. The third-order valence-corrected chi connectivity index (χ3v) is 3.37. The summed E-state index contributed by atoms with van der Waals surface area (Å²) < 4.78 is 5.28. The van der Waals surface area contributed by atoms with Crippen LogP contribution in [-0.4, -0.2) is 5.91 Å². The second kappa shape index (κ2) is 4.76. The number of amides is 1. The van der Waals surface area contributed by atoms with E-state index in [-0.39, 0.29) is 11.4 Å². The predicted molar refractivity (Wildman–Crippen MR) is 74.1 cm³/mol. The lowest BCUT2D eigenvalue weighted by Gasteiger charge is -2.10. The first-order valence-electron chi connectivity index (χ1n) is 6.11. The molecule has 5 nitrogen and oxygen atoms in total. The van der Waals surface area contributed by atoms with Gasteiger partial charge in [0.15, 0.2) is 0 Å². The Morgan fingerprint density at radius 2 is 2.11 bits per heavy atom. The highest BCUT2D eigenvalue weighted by Crippen LogP contribution is 2.24. The van der Waals surface area contributed by atoms with Gasteiger partial charge in [0, 0.05) is 0 Å². The number of carbonyl (C=O) groups is 1. The van der Waals surface area contributed by atoms with Gasteiger partial charge in [0.2, 0.25) is 11.3 Å². The minimum Gasteiger partial charge on any atom is -0.440 e. The Hall–Kier alpha value is -2.30. The molecule has 1 atom stereocenters. The van der Waals surface area contributed by atoms with Gasteiger partial charge >= 0.3 is 0 Å². The van der Waals surface area contributed by atoms with Crippen molar-refractivity contribution in [2.45, 2.75) is 26.2 Å². The lowest BCUT2D eigenvalue weighted by atomic mass is 9.97. The molecule has 0 aliphatic rings. The van der Waals surface area contributed by atoms with Crippen molar-refractivity contribution >= 4 is 22.8 Å². The summed E-state index contributed by atoms with van der Waals surface area (Å²) in [4.78, 5) is 23.5. The minimum atomic E-state index is -0.873. The smallest absolute Gasteiger partial charge is 0.258 e. The van der Waals surface area contributed by atoms with Crippen LogP contribution in [0.3, 0.4) is 0 Å². The van der Waals surface area contributed by atoms with Crippen LogP contribution < -0.4 is 16.9 Å². The average Bonchev–Trinajstić information content (AvgIpc) is 2.37. The van der Waals surface area contributed by atoms with Crippen molar-refractivity contribution < 1.29 is 9.21 Å². The van der Waals surface area contributed by atoms with E-state index in [1.165, 1.54) is 0 Å². The summed E-state index contributed by atoms with van der Waals surface area (Å²) in [6.07, 6.45) is 0.953. The maximum atomic E-state index is 12.2. The fourth-order valence-electron chi connectivity index (χ4n) is 2.01. The number of hydrogen-bond donors (Lipinski definition) is 2. The molecule has 2 rings (SSSR count). The van der Waals surface area contributed by atoms with Crippen LogP contribution in [0.25, 0.3) is 11.0 Å². The Morgan fingerprint density at radius 1 is 1.42 bits per heavy atom. The Morgan fingerprint density at radius 3 is 2.68 bits per heavy atom.